The van der Waals surface area contributed by atoms with Gasteiger partial charge in [0.15, 0.2) is 0 Å². The maximum Gasteiger partial charge on any atom is 0.0000643 e. The zero-order chi connectivity index (χ0) is 6.41. The van der Waals surface area contributed by atoms with Gasteiger partial charge in [-0.2, -0.15) is 0 Å². The SMILES string of the molecule is CNCC(CN)CN. The van der Waals surface area contributed by atoms with E-state index in [4.69, 9.17) is 11.5 Å². The lowest BCUT2D eigenvalue weighted by Gasteiger charge is -2.09. The van der Waals surface area contributed by atoms with Gasteiger partial charge in [0.1, 0.15) is 0 Å². The van der Waals surface area contributed by atoms with Crippen LogP contribution >= 0.6 is 0 Å². The molecule has 5 N–H and O–H groups in total. The molecule has 0 aliphatic rings. The summed E-state index contributed by atoms with van der Waals surface area (Å²) in [4.78, 5) is 0. The van der Waals surface area contributed by atoms with Crippen molar-refractivity contribution in [1.82, 2.24) is 5.32 Å². The lowest BCUT2D eigenvalue weighted by Crippen LogP contribution is -2.31. The lowest BCUT2D eigenvalue weighted by molar-refractivity contribution is 0.519. The quantitative estimate of drug-likeness (QED) is 0.430. The Morgan fingerprint density at radius 2 is 1.88 bits per heavy atom. The molecular formula is C5H15N3. The maximum absolute atomic E-state index is 5.35. The molecule has 0 fully saturated rings. The summed E-state index contributed by atoms with van der Waals surface area (Å²) in [5.74, 6) is 0.444. The second-order valence-corrected chi connectivity index (χ2v) is 1.90. The fourth-order valence-corrected chi connectivity index (χ4v) is 0.552. The Morgan fingerprint density at radius 3 is 2.00 bits per heavy atom. The van der Waals surface area contributed by atoms with Gasteiger partial charge < -0.3 is 16.8 Å². The topological polar surface area (TPSA) is 64.1 Å². The average Bonchev–Trinajstić information content (AvgIpc) is 1.83. The van der Waals surface area contributed by atoms with Crippen LogP contribution in [0.1, 0.15) is 0 Å². The van der Waals surface area contributed by atoms with Gasteiger partial charge in [-0.1, -0.05) is 0 Å². The second kappa shape index (κ2) is 5.03. The fourth-order valence-electron chi connectivity index (χ4n) is 0.552. The van der Waals surface area contributed by atoms with Gasteiger partial charge in [-0.15, -0.1) is 0 Å². The molecule has 0 heterocycles. The molecular weight excluding hydrogens is 102 g/mol. The van der Waals surface area contributed by atoms with Crippen molar-refractivity contribution in [1.29, 1.82) is 0 Å². The standard InChI is InChI=1S/C5H15N3/c1-8-4-5(2-6)3-7/h5,8H,2-4,6-7H2,1H3. The Labute approximate surface area is 50.4 Å². The minimum absolute atomic E-state index is 0.444. The molecule has 8 heavy (non-hydrogen) atoms. The third kappa shape index (κ3) is 2.96. The van der Waals surface area contributed by atoms with Crippen LogP contribution in [0.15, 0.2) is 0 Å². The van der Waals surface area contributed by atoms with Crippen molar-refractivity contribution in [3.05, 3.63) is 0 Å². The zero-order valence-electron chi connectivity index (χ0n) is 5.35. The second-order valence-electron chi connectivity index (χ2n) is 1.90. The largest absolute Gasteiger partial charge is 0.330 e. The number of nitrogens with two attached hydrogens (primary N) is 2. The molecule has 0 amide bonds. The third-order valence-corrected chi connectivity index (χ3v) is 1.16. The molecule has 0 atom stereocenters. The van der Waals surface area contributed by atoms with Crippen LogP contribution in [0, 0.1) is 5.92 Å². The molecule has 0 bridgehead atoms. The van der Waals surface area contributed by atoms with Gasteiger partial charge in [-0.25, -0.2) is 0 Å². The van der Waals surface area contributed by atoms with Crippen LogP contribution < -0.4 is 16.8 Å². The number of hydrogen-bond donors (Lipinski definition) is 3. The molecule has 50 valence electrons. The van der Waals surface area contributed by atoms with E-state index in [9.17, 15) is 0 Å². The highest BCUT2D eigenvalue weighted by atomic mass is 14.8. The minimum atomic E-state index is 0.444. The summed E-state index contributed by atoms with van der Waals surface area (Å²) in [7, 11) is 1.90. The number of hydrogen-bond acceptors (Lipinski definition) is 3. The van der Waals surface area contributed by atoms with Crippen LogP contribution in [-0.2, 0) is 0 Å². The Kier molecular flexibility index (Phi) is 4.95. The highest BCUT2D eigenvalue weighted by molar-refractivity contribution is 4.60. The summed E-state index contributed by atoms with van der Waals surface area (Å²) in [5.41, 5.74) is 10.7. The molecule has 0 aromatic rings. The first-order chi connectivity index (χ1) is 3.85. The molecule has 0 radical (unpaired) electrons. The highest BCUT2D eigenvalue weighted by Crippen LogP contribution is 1.84. The van der Waals surface area contributed by atoms with E-state index < -0.39 is 0 Å². The Balaban J connectivity index is 3.07. The summed E-state index contributed by atoms with van der Waals surface area (Å²) >= 11 is 0. The molecule has 0 saturated heterocycles. The molecule has 0 aliphatic carbocycles. The predicted molar refractivity (Wildman–Crippen MR) is 35.5 cm³/mol. The summed E-state index contributed by atoms with van der Waals surface area (Å²) < 4.78 is 0. The normalized spacial score (nSPS) is 10.5. The van der Waals surface area contributed by atoms with Crippen molar-refractivity contribution in [3.63, 3.8) is 0 Å². The van der Waals surface area contributed by atoms with Crippen LogP contribution in [0.25, 0.3) is 0 Å². The van der Waals surface area contributed by atoms with Crippen molar-refractivity contribution in [2.75, 3.05) is 26.7 Å². The van der Waals surface area contributed by atoms with E-state index in [-0.39, 0.29) is 0 Å². The Bertz CT molecular complexity index is 42.9. The molecule has 0 spiro atoms. The van der Waals surface area contributed by atoms with Crippen LogP contribution in [0.3, 0.4) is 0 Å². The zero-order valence-corrected chi connectivity index (χ0v) is 5.35. The molecule has 0 unspecified atom stereocenters. The van der Waals surface area contributed by atoms with Gasteiger partial charge in [0, 0.05) is 6.54 Å². The molecule has 0 rings (SSSR count). The smallest absolute Gasteiger partial charge is 0.0000643 e. The number of nitrogens with one attached hydrogen (secondary N) is 1. The Morgan fingerprint density at radius 1 is 1.38 bits per heavy atom. The van der Waals surface area contributed by atoms with Gasteiger partial charge in [-0.05, 0) is 26.1 Å². The molecule has 3 nitrogen and oxygen atoms in total. The average molecular weight is 117 g/mol. The first-order valence-corrected chi connectivity index (χ1v) is 2.89. The van der Waals surface area contributed by atoms with E-state index in [1.807, 2.05) is 7.05 Å². The number of rotatable bonds is 4. The van der Waals surface area contributed by atoms with Gasteiger partial charge in [0.2, 0.25) is 0 Å². The van der Waals surface area contributed by atoms with E-state index in [0.717, 1.165) is 6.54 Å². The highest BCUT2D eigenvalue weighted by Gasteiger charge is 1.99. The van der Waals surface area contributed by atoms with Crippen molar-refractivity contribution in [3.8, 4) is 0 Å². The van der Waals surface area contributed by atoms with Gasteiger partial charge in [0.25, 0.3) is 0 Å². The lowest BCUT2D eigenvalue weighted by atomic mass is 10.1. The summed E-state index contributed by atoms with van der Waals surface area (Å²) in [5, 5.41) is 3.01. The van der Waals surface area contributed by atoms with E-state index in [0.29, 0.717) is 19.0 Å². The molecule has 0 aliphatic heterocycles. The first-order valence-electron chi connectivity index (χ1n) is 2.89. The van der Waals surface area contributed by atoms with E-state index in [2.05, 4.69) is 5.32 Å². The van der Waals surface area contributed by atoms with Gasteiger partial charge in [-0.3, -0.25) is 0 Å². The van der Waals surface area contributed by atoms with Crippen LogP contribution in [0.2, 0.25) is 0 Å². The summed E-state index contributed by atoms with van der Waals surface area (Å²) in [6.07, 6.45) is 0. The predicted octanol–water partition coefficient (Wildman–Crippen LogP) is -1.26. The molecule has 0 saturated carbocycles. The van der Waals surface area contributed by atoms with Gasteiger partial charge >= 0.3 is 0 Å². The molecule has 0 aromatic carbocycles. The van der Waals surface area contributed by atoms with E-state index in [1.54, 1.807) is 0 Å². The maximum atomic E-state index is 5.35. The van der Waals surface area contributed by atoms with Crippen LogP contribution in [0.5, 0.6) is 0 Å². The van der Waals surface area contributed by atoms with Crippen LogP contribution in [-0.4, -0.2) is 26.7 Å². The third-order valence-electron chi connectivity index (χ3n) is 1.16. The van der Waals surface area contributed by atoms with Crippen molar-refractivity contribution >= 4 is 0 Å². The minimum Gasteiger partial charge on any atom is -0.330 e. The van der Waals surface area contributed by atoms with Crippen molar-refractivity contribution < 1.29 is 0 Å². The first kappa shape index (κ1) is 7.88. The van der Waals surface area contributed by atoms with E-state index >= 15 is 0 Å². The van der Waals surface area contributed by atoms with Crippen molar-refractivity contribution in [2.24, 2.45) is 17.4 Å². The van der Waals surface area contributed by atoms with E-state index in [1.165, 1.54) is 0 Å². The summed E-state index contributed by atoms with van der Waals surface area (Å²) in [6.45, 7) is 2.28. The van der Waals surface area contributed by atoms with Crippen molar-refractivity contribution in [2.45, 2.75) is 0 Å². The monoisotopic (exact) mass is 117 g/mol. The molecule has 0 aromatic heterocycles. The Hall–Kier alpha value is -0.120. The summed E-state index contributed by atoms with van der Waals surface area (Å²) in [6, 6.07) is 0. The van der Waals surface area contributed by atoms with Gasteiger partial charge in [0.05, 0.1) is 0 Å². The fraction of sp³-hybridized carbons (Fsp3) is 1.00. The van der Waals surface area contributed by atoms with Crippen LogP contribution in [0.4, 0.5) is 0 Å². The molecule has 3 heteroatoms.